The number of halogens is 2. The lowest BCUT2D eigenvalue weighted by Crippen LogP contribution is -2.03. The summed E-state index contributed by atoms with van der Waals surface area (Å²) in [4.78, 5) is 4.39. The minimum atomic E-state index is 0.473. The molecule has 1 heterocycles. The number of methoxy groups -OCH3 is 1. The molecule has 0 radical (unpaired) electrons. The molecule has 0 saturated heterocycles. The van der Waals surface area contributed by atoms with Crippen LogP contribution in [0.3, 0.4) is 0 Å². The van der Waals surface area contributed by atoms with E-state index in [0.717, 1.165) is 17.7 Å². The average Bonchev–Trinajstić information content (AvgIpc) is 2.49. The normalized spacial score (nSPS) is 10.5. The fraction of sp³-hybridized carbons (Fsp3) is 0.267. The minimum Gasteiger partial charge on any atom is -0.384 e. The van der Waals surface area contributed by atoms with Crippen molar-refractivity contribution in [3.8, 4) is 0 Å². The second kappa shape index (κ2) is 7.50. The number of para-hydroxylation sites is 1. The van der Waals surface area contributed by atoms with E-state index in [9.17, 15) is 0 Å². The Morgan fingerprint density at radius 1 is 1.14 bits per heavy atom. The lowest BCUT2D eigenvalue weighted by atomic mass is 10.1. The molecule has 0 aliphatic heterocycles. The molecule has 0 spiro atoms. The highest BCUT2D eigenvalue weighted by molar-refractivity contribution is 6.37. The summed E-state index contributed by atoms with van der Waals surface area (Å²) in [6.45, 7) is 0.655. The lowest BCUT2D eigenvalue weighted by Gasteiger charge is -2.14. The zero-order chi connectivity index (χ0) is 15.2. The van der Waals surface area contributed by atoms with Crippen molar-refractivity contribution >= 4 is 40.5 Å². The van der Waals surface area contributed by atoms with Gasteiger partial charge in [-0.05, 0) is 24.1 Å². The maximum atomic E-state index is 6.20. The number of benzene rings is 1. The number of aromatic nitrogens is 1. The number of pyridine rings is 1. The zero-order valence-corrected chi connectivity index (χ0v) is 13.4. The van der Waals surface area contributed by atoms with Crippen LogP contribution in [0.25, 0.3) is 0 Å². The highest BCUT2D eigenvalue weighted by Gasteiger charge is 2.10. The van der Waals surface area contributed by atoms with Gasteiger partial charge in [0.05, 0.1) is 16.7 Å². The molecule has 0 fully saturated rings. The van der Waals surface area contributed by atoms with Crippen molar-refractivity contribution in [3.05, 3.63) is 45.9 Å². The maximum absolute atomic E-state index is 6.20. The highest BCUT2D eigenvalue weighted by Crippen LogP contribution is 2.31. The summed E-state index contributed by atoms with van der Waals surface area (Å²) in [5.41, 5.74) is 2.09. The lowest BCUT2D eigenvalue weighted by molar-refractivity contribution is 0.202. The van der Waals surface area contributed by atoms with Gasteiger partial charge in [0.2, 0.25) is 0 Å². The number of hydrogen-bond donors (Lipinski definition) is 2. The smallest absolute Gasteiger partial charge is 0.151 e. The Kier molecular flexibility index (Phi) is 5.67. The number of hydrogen-bond acceptors (Lipinski definition) is 4. The Bertz CT molecular complexity index is 620. The minimum absolute atomic E-state index is 0.473. The molecule has 2 N–H and O–H groups in total. The molecule has 0 aliphatic rings. The van der Waals surface area contributed by atoms with E-state index in [2.05, 4.69) is 15.6 Å². The van der Waals surface area contributed by atoms with Gasteiger partial charge in [-0.3, -0.25) is 0 Å². The van der Waals surface area contributed by atoms with Crippen LogP contribution in [0.2, 0.25) is 10.0 Å². The number of nitrogens with one attached hydrogen (secondary N) is 2. The van der Waals surface area contributed by atoms with Crippen molar-refractivity contribution in [2.24, 2.45) is 0 Å². The van der Waals surface area contributed by atoms with Gasteiger partial charge in [0.15, 0.2) is 5.82 Å². The van der Waals surface area contributed by atoms with Gasteiger partial charge in [-0.2, -0.15) is 0 Å². The number of nitrogens with zero attached hydrogens (tertiary/aromatic N) is 1. The molecule has 4 nitrogen and oxygen atoms in total. The van der Waals surface area contributed by atoms with Gasteiger partial charge in [0, 0.05) is 19.8 Å². The first-order chi connectivity index (χ1) is 10.2. The van der Waals surface area contributed by atoms with Gasteiger partial charge in [-0.15, -0.1) is 0 Å². The van der Waals surface area contributed by atoms with Crippen molar-refractivity contribution < 1.29 is 4.74 Å². The molecule has 0 saturated carbocycles. The Morgan fingerprint density at radius 2 is 1.86 bits per heavy atom. The van der Waals surface area contributed by atoms with Crippen LogP contribution < -0.4 is 10.6 Å². The van der Waals surface area contributed by atoms with Crippen molar-refractivity contribution in [2.45, 2.75) is 6.42 Å². The molecule has 21 heavy (non-hydrogen) atoms. The molecule has 0 amide bonds. The van der Waals surface area contributed by atoms with Crippen LogP contribution in [0.1, 0.15) is 5.56 Å². The van der Waals surface area contributed by atoms with Gasteiger partial charge < -0.3 is 15.4 Å². The third-order valence-corrected chi connectivity index (χ3v) is 3.59. The number of ether oxygens (including phenoxy) is 1. The summed E-state index contributed by atoms with van der Waals surface area (Å²) in [7, 11) is 3.45. The molecule has 1 aromatic heterocycles. The van der Waals surface area contributed by atoms with Crippen molar-refractivity contribution in [1.82, 2.24) is 4.98 Å². The molecule has 0 bridgehead atoms. The second-order valence-corrected chi connectivity index (χ2v) is 5.24. The van der Waals surface area contributed by atoms with Crippen LogP contribution in [0.15, 0.2) is 30.3 Å². The molecule has 112 valence electrons. The zero-order valence-electron chi connectivity index (χ0n) is 11.9. The fourth-order valence-electron chi connectivity index (χ4n) is 1.93. The predicted molar refractivity (Wildman–Crippen MR) is 89.1 cm³/mol. The molecule has 0 atom stereocenters. The van der Waals surface area contributed by atoms with Gasteiger partial charge in [-0.1, -0.05) is 41.4 Å². The Morgan fingerprint density at radius 3 is 2.57 bits per heavy atom. The first kappa shape index (κ1) is 15.9. The van der Waals surface area contributed by atoms with Crippen LogP contribution in [0, 0.1) is 0 Å². The molecular weight excluding hydrogens is 309 g/mol. The van der Waals surface area contributed by atoms with Gasteiger partial charge in [0.1, 0.15) is 5.82 Å². The van der Waals surface area contributed by atoms with E-state index >= 15 is 0 Å². The van der Waals surface area contributed by atoms with E-state index in [1.165, 1.54) is 0 Å². The molecule has 1 aromatic carbocycles. The Balaban J connectivity index is 2.30. The van der Waals surface area contributed by atoms with E-state index in [4.69, 9.17) is 27.9 Å². The fourth-order valence-corrected chi connectivity index (χ4v) is 2.43. The molecule has 6 heteroatoms. The van der Waals surface area contributed by atoms with E-state index in [1.807, 2.05) is 24.3 Å². The third kappa shape index (κ3) is 4.00. The summed E-state index contributed by atoms with van der Waals surface area (Å²) >= 11 is 12.3. The molecule has 0 unspecified atom stereocenters. The van der Waals surface area contributed by atoms with Crippen LogP contribution in [0.5, 0.6) is 0 Å². The van der Waals surface area contributed by atoms with Crippen LogP contribution in [0.4, 0.5) is 17.3 Å². The molecule has 0 aliphatic carbocycles. The van der Waals surface area contributed by atoms with Crippen molar-refractivity contribution in [1.29, 1.82) is 0 Å². The summed E-state index contributed by atoms with van der Waals surface area (Å²) < 4.78 is 5.13. The molecule has 2 aromatic rings. The highest BCUT2D eigenvalue weighted by atomic mass is 35.5. The first-order valence-corrected chi connectivity index (χ1v) is 7.29. The predicted octanol–water partition coefficient (Wildman–Crippen LogP) is 4.36. The summed E-state index contributed by atoms with van der Waals surface area (Å²) in [6, 6.07) is 9.65. The van der Waals surface area contributed by atoms with E-state index in [1.54, 1.807) is 20.2 Å². The number of anilines is 3. The van der Waals surface area contributed by atoms with Crippen LogP contribution in [-0.2, 0) is 11.2 Å². The number of rotatable bonds is 6. The first-order valence-electron chi connectivity index (χ1n) is 6.53. The second-order valence-electron chi connectivity index (χ2n) is 4.42. The summed E-state index contributed by atoms with van der Waals surface area (Å²) in [5.74, 6) is 1.15. The quantitative estimate of drug-likeness (QED) is 0.828. The molecule has 2 rings (SSSR count). The van der Waals surface area contributed by atoms with E-state index in [0.29, 0.717) is 28.3 Å². The average molecular weight is 326 g/mol. The standard InChI is InChI=1S/C15H17Cl2N3O/c1-18-14-11(16)9-12(17)15(20-14)19-13-6-4-3-5-10(13)7-8-21-2/h3-6,9H,7-8H2,1-2H3,(H2,18,19,20). The summed E-state index contributed by atoms with van der Waals surface area (Å²) in [5, 5.41) is 7.15. The van der Waals surface area contributed by atoms with Gasteiger partial charge in [-0.25, -0.2) is 4.98 Å². The van der Waals surface area contributed by atoms with Crippen LogP contribution >= 0.6 is 23.2 Å². The SMILES string of the molecule is CNc1nc(Nc2ccccc2CCOC)c(Cl)cc1Cl. The maximum Gasteiger partial charge on any atom is 0.151 e. The Hall–Kier alpha value is -1.49. The summed E-state index contributed by atoms with van der Waals surface area (Å²) in [6.07, 6.45) is 0.809. The van der Waals surface area contributed by atoms with Gasteiger partial charge in [0.25, 0.3) is 0 Å². The third-order valence-electron chi connectivity index (χ3n) is 3.01. The van der Waals surface area contributed by atoms with Gasteiger partial charge >= 0.3 is 0 Å². The van der Waals surface area contributed by atoms with E-state index in [-0.39, 0.29) is 0 Å². The Labute approximate surface area is 134 Å². The van der Waals surface area contributed by atoms with Crippen LogP contribution in [-0.4, -0.2) is 25.7 Å². The monoisotopic (exact) mass is 325 g/mol. The molecular formula is C15H17Cl2N3O. The largest absolute Gasteiger partial charge is 0.384 e. The van der Waals surface area contributed by atoms with E-state index < -0.39 is 0 Å². The van der Waals surface area contributed by atoms with Crippen molar-refractivity contribution in [2.75, 3.05) is 31.4 Å². The van der Waals surface area contributed by atoms with Crippen molar-refractivity contribution in [3.63, 3.8) is 0 Å². The topological polar surface area (TPSA) is 46.2 Å².